The van der Waals surface area contributed by atoms with Crippen molar-refractivity contribution in [2.24, 2.45) is 5.73 Å². The average molecular weight is 267 g/mol. The lowest BCUT2D eigenvalue weighted by atomic mass is 10.0. The summed E-state index contributed by atoms with van der Waals surface area (Å²) >= 11 is 0. The van der Waals surface area contributed by atoms with Crippen molar-refractivity contribution in [3.05, 3.63) is 29.6 Å². The van der Waals surface area contributed by atoms with Gasteiger partial charge in [-0.2, -0.15) is 0 Å². The molecule has 6 heteroatoms. The maximum Gasteiger partial charge on any atom is 0.239 e. The highest BCUT2D eigenvalue weighted by atomic mass is 19.1. The van der Waals surface area contributed by atoms with E-state index in [1.165, 1.54) is 25.3 Å². The number of primary amides is 1. The number of carbonyl (C=O) groups is 1. The predicted octanol–water partition coefficient (Wildman–Crippen LogP) is 0.266. The number of hydrogen-bond donors (Lipinski definition) is 2. The summed E-state index contributed by atoms with van der Waals surface area (Å²) in [7, 11) is 1.49. The molecule has 0 radical (unpaired) electrons. The number of amides is 1. The van der Waals surface area contributed by atoms with E-state index in [-0.39, 0.29) is 0 Å². The molecular weight excluding hydrogens is 249 g/mol. The molecular formula is C13H18FN3O2. The van der Waals surface area contributed by atoms with Crippen LogP contribution in [0.5, 0.6) is 5.75 Å². The SMILES string of the molecule is COc1ccc(F)cc1C(C(N)=O)N1CCNCC1. The number of benzene rings is 1. The third-order valence-electron chi connectivity index (χ3n) is 3.27. The van der Waals surface area contributed by atoms with E-state index in [1.54, 1.807) is 0 Å². The van der Waals surface area contributed by atoms with Gasteiger partial charge in [-0.1, -0.05) is 0 Å². The maximum absolute atomic E-state index is 13.4. The van der Waals surface area contributed by atoms with Crippen molar-refractivity contribution in [1.82, 2.24) is 10.2 Å². The Kier molecular flexibility index (Phi) is 4.34. The minimum Gasteiger partial charge on any atom is -0.496 e. The first-order valence-electron chi connectivity index (χ1n) is 6.21. The molecule has 104 valence electrons. The third kappa shape index (κ3) is 3.02. The average Bonchev–Trinajstić information content (AvgIpc) is 2.40. The lowest BCUT2D eigenvalue weighted by Crippen LogP contribution is -2.48. The van der Waals surface area contributed by atoms with E-state index in [9.17, 15) is 9.18 Å². The number of nitrogens with zero attached hydrogens (tertiary/aromatic N) is 1. The van der Waals surface area contributed by atoms with E-state index in [4.69, 9.17) is 10.5 Å². The normalized spacial score (nSPS) is 18.0. The summed E-state index contributed by atoms with van der Waals surface area (Å²) in [5.74, 6) is -0.424. The van der Waals surface area contributed by atoms with Gasteiger partial charge in [0.1, 0.15) is 17.6 Å². The summed E-state index contributed by atoms with van der Waals surface area (Å²) in [5.41, 5.74) is 5.98. The Morgan fingerprint density at radius 2 is 2.16 bits per heavy atom. The molecule has 5 nitrogen and oxygen atoms in total. The van der Waals surface area contributed by atoms with Gasteiger partial charge in [0.15, 0.2) is 0 Å². The fourth-order valence-corrected chi connectivity index (χ4v) is 2.39. The van der Waals surface area contributed by atoms with Crippen LogP contribution >= 0.6 is 0 Å². The van der Waals surface area contributed by atoms with Gasteiger partial charge in [-0.3, -0.25) is 9.69 Å². The lowest BCUT2D eigenvalue weighted by Gasteiger charge is -2.33. The summed E-state index contributed by atoms with van der Waals surface area (Å²) in [6.45, 7) is 2.93. The van der Waals surface area contributed by atoms with Gasteiger partial charge in [0.05, 0.1) is 7.11 Å². The van der Waals surface area contributed by atoms with E-state index in [1.807, 2.05) is 4.90 Å². The number of piperazine rings is 1. The Morgan fingerprint density at radius 3 is 2.74 bits per heavy atom. The van der Waals surface area contributed by atoms with Crippen LogP contribution in [0.25, 0.3) is 0 Å². The Bertz CT molecular complexity index is 461. The number of ether oxygens (including phenoxy) is 1. The zero-order valence-corrected chi connectivity index (χ0v) is 10.9. The first-order valence-corrected chi connectivity index (χ1v) is 6.21. The molecule has 19 heavy (non-hydrogen) atoms. The van der Waals surface area contributed by atoms with E-state index in [0.29, 0.717) is 24.4 Å². The van der Waals surface area contributed by atoms with Gasteiger partial charge in [-0.25, -0.2) is 4.39 Å². The molecule has 1 saturated heterocycles. The third-order valence-corrected chi connectivity index (χ3v) is 3.27. The van der Waals surface area contributed by atoms with Crippen LogP contribution in [0.4, 0.5) is 4.39 Å². The maximum atomic E-state index is 13.4. The second-order valence-corrected chi connectivity index (χ2v) is 4.48. The molecule has 0 spiro atoms. The second kappa shape index (κ2) is 5.99. The number of halogens is 1. The zero-order chi connectivity index (χ0) is 13.8. The van der Waals surface area contributed by atoms with E-state index in [0.717, 1.165) is 13.1 Å². The predicted molar refractivity (Wildman–Crippen MR) is 69.3 cm³/mol. The molecule has 1 aliphatic rings. The van der Waals surface area contributed by atoms with Gasteiger partial charge in [0, 0.05) is 31.7 Å². The van der Waals surface area contributed by atoms with Crippen LogP contribution in [0, 0.1) is 5.82 Å². The number of carbonyl (C=O) groups excluding carboxylic acids is 1. The van der Waals surface area contributed by atoms with E-state index >= 15 is 0 Å². The van der Waals surface area contributed by atoms with Crippen molar-refractivity contribution in [3.8, 4) is 5.75 Å². The summed E-state index contributed by atoms with van der Waals surface area (Å²) < 4.78 is 18.6. The van der Waals surface area contributed by atoms with E-state index in [2.05, 4.69) is 5.32 Å². The van der Waals surface area contributed by atoms with Crippen LogP contribution < -0.4 is 15.8 Å². The zero-order valence-electron chi connectivity index (χ0n) is 10.9. The molecule has 0 saturated carbocycles. The largest absolute Gasteiger partial charge is 0.496 e. The molecule has 1 aromatic rings. The minimum atomic E-state index is -0.659. The molecule has 0 aromatic heterocycles. The fourth-order valence-electron chi connectivity index (χ4n) is 2.39. The van der Waals surface area contributed by atoms with Crippen molar-refractivity contribution in [1.29, 1.82) is 0 Å². The van der Waals surface area contributed by atoms with Crippen molar-refractivity contribution < 1.29 is 13.9 Å². The van der Waals surface area contributed by atoms with Gasteiger partial charge >= 0.3 is 0 Å². The van der Waals surface area contributed by atoms with Gasteiger partial charge < -0.3 is 15.8 Å². The van der Waals surface area contributed by atoms with Crippen LogP contribution in [0.15, 0.2) is 18.2 Å². The van der Waals surface area contributed by atoms with Crippen molar-refractivity contribution in [2.75, 3.05) is 33.3 Å². The van der Waals surface area contributed by atoms with Crippen molar-refractivity contribution in [2.45, 2.75) is 6.04 Å². The van der Waals surface area contributed by atoms with Gasteiger partial charge in [0.25, 0.3) is 0 Å². The van der Waals surface area contributed by atoms with Gasteiger partial charge in [-0.15, -0.1) is 0 Å². The number of hydrogen-bond acceptors (Lipinski definition) is 4. The summed E-state index contributed by atoms with van der Waals surface area (Å²) in [5, 5.41) is 3.20. The van der Waals surface area contributed by atoms with Crippen LogP contribution in [0.3, 0.4) is 0 Å². The molecule has 3 N–H and O–H groups in total. The summed E-state index contributed by atoms with van der Waals surface area (Å²) in [6.07, 6.45) is 0. The molecule has 1 unspecified atom stereocenters. The first-order chi connectivity index (χ1) is 9.13. The molecule has 0 bridgehead atoms. The molecule has 1 atom stereocenters. The summed E-state index contributed by atoms with van der Waals surface area (Å²) in [4.78, 5) is 13.7. The molecule has 1 heterocycles. The number of nitrogens with one attached hydrogen (secondary N) is 1. The first kappa shape index (κ1) is 13.8. The van der Waals surface area contributed by atoms with Crippen molar-refractivity contribution in [3.63, 3.8) is 0 Å². The van der Waals surface area contributed by atoms with Crippen LogP contribution in [-0.2, 0) is 4.79 Å². The summed E-state index contributed by atoms with van der Waals surface area (Å²) in [6, 6.07) is 3.48. The number of nitrogens with two attached hydrogens (primary N) is 1. The molecule has 1 amide bonds. The Labute approximate surface area is 111 Å². The van der Waals surface area contributed by atoms with Gasteiger partial charge in [-0.05, 0) is 18.2 Å². The highest BCUT2D eigenvalue weighted by molar-refractivity contribution is 5.82. The molecule has 2 rings (SSSR count). The van der Waals surface area contributed by atoms with Gasteiger partial charge in [0.2, 0.25) is 5.91 Å². The highest BCUT2D eigenvalue weighted by Crippen LogP contribution is 2.30. The Balaban J connectivity index is 2.37. The Hall–Kier alpha value is -1.66. The fraction of sp³-hybridized carbons (Fsp3) is 0.462. The van der Waals surface area contributed by atoms with Crippen molar-refractivity contribution >= 4 is 5.91 Å². The topological polar surface area (TPSA) is 67.6 Å². The number of methoxy groups -OCH3 is 1. The quantitative estimate of drug-likeness (QED) is 0.821. The van der Waals surface area contributed by atoms with Crippen LogP contribution in [0.1, 0.15) is 11.6 Å². The van der Waals surface area contributed by atoms with Crippen LogP contribution in [0.2, 0.25) is 0 Å². The Morgan fingerprint density at radius 1 is 1.47 bits per heavy atom. The monoisotopic (exact) mass is 267 g/mol. The number of rotatable bonds is 4. The minimum absolute atomic E-state index is 0.405. The second-order valence-electron chi connectivity index (χ2n) is 4.48. The lowest BCUT2D eigenvalue weighted by molar-refractivity contribution is -0.123. The van der Waals surface area contributed by atoms with Crippen LogP contribution in [-0.4, -0.2) is 44.1 Å². The molecule has 1 aliphatic heterocycles. The molecule has 1 fully saturated rings. The smallest absolute Gasteiger partial charge is 0.239 e. The standard InChI is InChI=1S/C13H18FN3O2/c1-19-11-3-2-9(14)8-10(11)12(13(15)18)17-6-4-16-5-7-17/h2-3,8,12,16H,4-7H2,1H3,(H2,15,18). The molecule has 1 aromatic carbocycles. The molecule has 0 aliphatic carbocycles. The van der Waals surface area contributed by atoms with E-state index < -0.39 is 17.8 Å². The highest BCUT2D eigenvalue weighted by Gasteiger charge is 2.29.